The van der Waals surface area contributed by atoms with Crippen LogP contribution in [0.5, 0.6) is 0 Å². The Hall–Kier alpha value is -1.53. The zero-order valence-corrected chi connectivity index (χ0v) is 11.3. The van der Waals surface area contributed by atoms with Gasteiger partial charge >= 0.3 is 0 Å². The lowest BCUT2D eigenvalue weighted by molar-refractivity contribution is 0.731. The highest BCUT2D eigenvalue weighted by Gasteiger charge is 2.14. The SMILES string of the molecule is C#CC/C(C1=NCCCCC1)=C(/N)c1cccs1. The summed E-state index contributed by atoms with van der Waals surface area (Å²) in [6.45, 7) is 0.904. The average Bonchev–Trinajstić information content (AvgIpc) is 2.79. The minimum atomic E-state index is 0.572. The van der Waals surface area contributed by atoms with Crippen LogP contribution < -0.4 is 5.73 Å². The first-order valence-corrected chi connectivity index (χ1v) is 7.20. The summed E-state index contributed by atoms with van der Waals surface area (Å²) in [5.74, 6) is 2.71. The molecule has 94 valence electrons. The molecular weight excluding hydrogens is 240 g/mol. The van der Waals surface area contributed by atoms with Crippen molar-refractivity contribution in [2.75, 3.05) is 6.54 Å². The van der Waals surface area contributed by atoms with E-state index >= 15 is 0 Å². The minimum absolute atomic E-state index is 0.572. The summed E-state index contributed by atoms with van der Waals surface area (Å²) in [4.78, 5) is 5.75. The zero-order chi connectivity index (χ0) is 12.8. The molecule has 2 nitrogen and oxygen atoms in total. The van der Waals surface area contributed by atoms with Crippen LogP contribution in [0.1, 0.15) is 37.0 Å². The van der Waals surface area contributed by atoms with E-state index < -0.39 is 0 Å². The molecule has 3 heteroatoms. The normalized spacial score (nSPS) is 17.4. The Morgan fingerprint density at radius 1 is 1.44 bits per heavy atom. The van der Waals surface area contributed by atoms with Crippen molar-refractivity contribution < 1.29 is 0 Å². The first-order chi connectivity index (χ1) is 8.83. The van der Waals surface area contributed by atoms with Crippen LogP contribution in [-0.2, 0) is 0 Å². The summed E-state index contributed by atoms with van der Waals surface area (Å²) in [6, 6.07) is 4.04. The number of thiophene rings is 1. The molecule has 0 saturated carbocycles. The quantitative estimate of drug-likeness (QED) is 0.828. The first-order valence-electron chi connectivity index (χ1n) is 6.32. The molecule has 0 atom stereocenters. The van der Waals surface area contributed by atoms with E-state index in [2.05, 4.69) is 10.9 Å². The molecule has 2 heterocycles. The van der Waals surface area contributed by atoms with Gasteiger partial charge in [0, 0.05) is 24.3 Å². The number of hydrogen-bond acceptors (Lipinski definition) is 3. The van der Waals surface area contributed by atoms with E-state index in [0.29, 0.717) is 6.42 Å². The number of terminal acetylenes is 1. The van der Waals surface area contributed by atoms with Crippen molar-refractivity contribution >= 4 is 22.7 Å². The summed E-state index contributed by atoms with van der Waals surface area (Å²) in [7, 11) is 0. The number of allylic oxidation sites excluding steroid dienone is 1. The highest BCUT2D eigenvalue weighted by Crippen LogP contribution is 2.24. The fourth-order valence-electron chi connectivity index (χ4n) is 2.16. The molecule has 0 radical (unpaired) electrons. The molecule has 1 aromatic rings. The van der Waals surface area contributed by atoms with E-state index in [1.807, 2.05) is 17.5 Å². The highest BCUT2D eigenvalue weighted by molar-refractivity contribution is 7.11. The minimum Gasteiger partial charge on any atom is -0.397 e. The summed E-state index contributed by atoms with van der Waals surface area (Å²) in [5.41, 5.74) is 9.25. The molecule has 2 rings (SSSR count). The predicted molar refractivity (Wildman–Crippen MR) is 79.6 cm³/mol. The molecule has 18 heavy (non-hydrogen) atoms. The van der Waals surface area contributed by atoms with Crippen molar-refractivity contribution in [1.82, 2.24) is 0 Å². The Balaban J connectivity index is 2.35. The van der Waals surface area contributed by atoms with Gasteiger partial charge in [-0.05, 0) is 30.7 Å². The summed E-state index contributed by atoms with van der Waals surface area (Å²) in [5, 5.41) is 2.03. The first kappa shape index (κ1) is 12.9. The second-order valence-electron chi connectivity index (χ2n) is 4.39. The van der Waals surface area contributed by atoms with E-state index in [-0.39, 0.29) is 0 Å². The van der Waals surface area contributed by atoms with Gasteiger partial charge in [0.1, 0.15) is 0 Å². The number of aliphatic imine (C=N–C) groups is 1. The van der Waals surface area contributed by atoms with Gasteiger partial charge < -0.3 is 5.73 Å². The Morgan fingerprint density at radius 2 is 2.33 bits per heavy atom. The largest absolute Gasteiger partial charge is 0.397 e. The van der Waals surface area contributed by atoms with Crippen molar-refractivity contribution in [2.45, 2.75) is 32.1 Å². The lowest BCUT2D eigenvalue weighted by atomic mass is 10.00. The van der Waals surface area contributed by atoms with Crippen LogP contribution in [0.2, 0.25) is 0 Å². The van der Waals surface area contributed by atoms with Crippen LogP contribution in [-0.4, -0.2) is 12.3 Å². The van der Waals surface area contributed by atoms with Gasteiger partial charge in [0.2, 0.25) is 0 Å². The topological polar surface area (TPSA) is 38.4 Å². The number of nitrogens with two attached hydrogens (primary N) is 1. The number of nitrogens with zero attached hydrogens (tertiary/aromatic N) is 1. The number of rotatable bonds is 3. The van der Waals surface area contributed by atoms with Gasteiger partial charge in [-0.2, -0.15) is 0 Å². The molecule has 0 unspecified atom stereocenters. The molecular formula is C15H18N2S. The Bertz CT molecular complexity index is 489. The van der Waals surface area contributed by atoms with Crippen LogP contribution in [0.25, 0.3) is 5.70 Å². The van der Waals surface area contributed by atoms with E-state index in [9.17, 15) is 0 Å². The Labute approximate surface area is 113 Å². The smallest absolute Gasteiger partial charge is 0.0549 e. The number of hydrogen-bond donors (Lipinski definition) is 1. The second kappa shape index (κ2) is 6.42. The maximum atomic E-state index is 6.27. The molecule has 2 N–H and O–H groups in total. The van der Waals surface area contributed by atoms with Crippen molar-refractivity contribution in [3.63, 3.8) is 0 Å². The molecule has 1 aromatic heterocycles. The average molecular weight is 258 g/mol. The third kappa shape index (κ3) is 3.02. The third-order valence-corrected chi connectivity index (χ3v) is 4.02. The van der Waals surface area contributed by atoms with Gasteiger partial charge in [-0.3, -0.25) is 4.99 Å². The standard InChI is InChI=1S/C15H18N2S/c1-2-7-12(13-8-4-3-5-10-17-13)15(16)14-9-6-11-18-14/h1,6,9,11H,3-5,7-8,10,16H2/b15-12-. The molecule has 1 aliphatic heterocycles. The van der Waals surface area contributed by atoms with Crippen LogP contribution in [0, 0.1) is 12.3 Å². The predicted octanol–water partition coefficient (Wildman–Crippen LogP) is 3.46. The van der Waals surface area contributed by atoms with Gasteiger partial charge in [-0.15, -0.1) is 23.7 Å². The van der Waals surface area contributed by atoms with Crippen LogP contribution in [0.3, 0.4) is 0 Å². The van der Waals surface area contributed by atoms with Gasteiger partial charge in [0.15, 0.2) is 0 Å². The summed E-state index contributed by atoms with van der Waals surface area (Å²) < 4.78 is 0. The molecule has 0 bridgehead atoms. The summed E-state index contributed by atoms with van der Waals surface area (Å²) in [6.07, 6.45) is 10.7. The van der Waals surface area contributed by atoms with Gasteiger partial charge in [0.25, 0.3) is 0 Å². The van der Waals surface area contributed by atoms with Crippen molar-refractivity contribution in [2.24, 2.45) is 10.7 Å². The van der Waals surface area contributed by atoms with E-state index in [1.165, 1.54) is 19.3 Å². The van der Waals surface area contributed by atoms with Gasteiger partial charge in [0.05, 0.1) is 10.6 Å². The van der Waals surface area contributed by atoms with Gasteiger partial charge in [-0.25, -0.2) is 0 Å². The van der Waals surface area contributed by atoms with Crippen molar-refractivity contribution in [3.05, 3.63) is 28.0 Å². The fourth-order valence-corrected chi connectivity index (χ4v) is 2.87. The highest BCUT2D eigenvalue weighted by atomic mass is 32.1. The molecule has 1 aliphatic rings. The monoisotopic (exact) mass is 258 g/mol. The van der Waals surface area contributed by atoms with E-state index in [1.54, 1.807) is 11.3 Å². The maximum Gasteiger partial charge on any atom is 0.0549 e. The van der Waals surface area contributed by atoms with Crippen molar-refractivity contribution in [3.8, 4) is 12.3 Å². The summed E-state index contributed by atoms with van der Waals surface area (Å²) >= 11 is 1.65. The van der Waals surface area contributed by atoms with Crippen LogP contribution in [0.15, 0.2) is 28.1 Å². The molecule has 0 fully saturated rings. The molecule has 0 aliphatic carbocycles. The molecule has 0 saturated heterocycles. The fraction of sp³-hybridized carbons (Fsp3) is 0.400. The van der Waals surface area contributed by atoms with E-state index in [0.717, 1.165) is 34.8 Å². The van der Waals surface area contributed by atoms with Crippen LogP contribution >= 0.6 is 11.3 Å². The van der Waals surface area contributed by atoms with Crippen LogP contribution in [0.4, 0.5) is 0 Å². The van der Waals surface area contributed by atoms with Gasteiger partial charge in [-0.1, -0.05) is 12.5 Å². The second-order valence-corrected chi connectivity index (χ2v) is 5.34. The maximum absolute atomic E-state index is 6.27. The molecule has 0 amide bonds. The Morgan fingerprint density at radius 3 is 3.06 bits per heavy atom. The van der Waals surface area contributed by atoms with E-state index in [4.69, 9.17) is 12.2 Å². The molecule has 0 aromatic carbocycles. The van der Waals surface area contributed by atoms with Crippen molar-refractivity contribution in [1.29, 1.82) is 0 Å². The molecule has 0 spiro atoms. The lowest BCUT2D eigenvalue weighted by Crippen LogP contribution is -2.10. The third-order valence-electron chi connectivity index (χ3n) is 3.11. The zero-order valence-electron chi connectivity index (χ0n) is 10.5. The lowest BCUT2D eigenvalue weighted by Gasteiger charge is -2.11. The Kier molecular flexibility index (Phi) is 4.60.